The predicted molar refractivity (Wildman–Crippen MR) is 76.5 cm³/mol. The zero-order valence-corrected chi connectivity index (χ0v) is 11.9. The summed E-state index contributed by atoms with van der Waals surface area (Å²) < 4.78 is 7.53. The largest absolute Gasteiger partial charge is 0.337 e. The van der Waals surface area contributed by atoms with Crippen LogP contribution in [0.3, 0.4) is 0 Å². The zero-order chi connectivity index (χ0) is 13.7. The molecular weight excluding hydrogens is 298 g/mol. The van der Waals surface area contributed by atoms with Gasteiger partial charge in [0.15, 0.2) is 5.82 Å². The van der Waals surface area contributed by atoms with Crippen LogP contribution >= 0.6 is 22.9 Å². The van der Waals surface area contributed by atoms with Gasteiger partial charge in [-0.1, -0.05) is 16.8 Å². The second-order valence-corrected chi connectivity index (χ2v) is 6.22. The molecule has 0 saturated heterocycles. The van der Waals surface area contributed by atoms with Gasteiger partial charge >= 0.3 is 0 Å². The molecule has 3 heterocycles. The Morgan fingerprint density at radius 2 is 2.35 bits per heavy atom. The van der Waals surface area contributed by atoms with Crippen LogP contribution in [0.1, 0.15) is 30.5 Å². The molecule has 4 rings (SSSR count). The van der Waals surface area contributed by atoms with Crippen molar-refractivity contribution in [3.63, 3.8) is 0 Å². The van der Waals surface area contributed by atoms with Crippen LogP contribution < -0.4 is 5.56 Å². The maximum absolute atomic E-state index is 12.3. The van der Waals surface area contributed by atoms with E-state index in [-0.39, 0.29) is 12.1 Å². The average Bonchev–Trinajstić information content (AvgIpc) is 2.99. The first-order valence-electron chi connectivity index (χ1n) is 6.31. The van der Waals surface area contributed by atoms with Crippen molar-refractivity contribution in [3.8, 4) is 0 Å². The molecule has 0 spiro atoms. The summed E-state index contributed by atoms with van der Waals surface area (Å²) in [6, 6.07) is 1.79. The van der Waals surface area contributed by atoms with E-state index in [1.54, 1.807) is 12.3 Å². The molecule has 0 atom stereocenters. The highest BCUT2D eigenvalue weighted by molar-refractivity contribution is 7.17. The van der Waals surface area contributed by atoms with E-state index in [1.807, 2.05) is 5.38 Å². The fourth-order valence-electron chi connectivity index (χ4n) is 2.17. The van der Waals surface area contributed by atoms with Gasteiger partial charge in [0, 0.05) is 12.1 Å². The van der Waals surface area contributed by atoms with E-state index in [0.29, 0.717) is 22.2 Å². The first-order valence-corrected chi connectivity index (χ1v) is 7.57. The molecule has 1 aliphatic carbocycles. The molecule has 1 saturated carbocycles. The molecule has 1 fully saturated rings. The Labute approximate surface area is 122 Å². The Morgan fingerprint density at radius 3 is 3.15 bits per heavy atom. The van der Waals surface area contributed by atoms with E-state index in [1.165, 1.54) is 15.9 Å². The SMILES string of the molecule is O=c1c2ccsc2c(Cl)cn1Cc1nc(C2CC2)no1. The lowest BCUT2D eigenvalue weighted by atomic mass is 10.3. The minimum absolute atomic E-state index is 0.0863. The first kappa shape index (κ1) is 12.1. The Morgan fingerprint density at radius 1 is 1.50 bits per heavy atom. The van der Waals surface area contributed by atoms with E-state index < -0.39 is 0 Å². The van der Waals surface area contributed by atoms with Crippen molar-refractivity contribution in [3.05, 3.63) is 44.7 Å². The van der Waals surface area contributed by atoms with Gasteiger partial charge in [0.25, 0.3) is 5.56 Å². The van der Waals surface area contributed by atoms with Crippen LogP contribution in [0.4, 0.5) is 0 Å². The number of rotatable bonds is 3. The standard InChI is InChI=1S/C13H10ClN3O2S/c14-9-5-17(13(18)8-3-4-20-11(8)9)6-10-15-12(16-19-10)7-1-2-7/h3-5,7H,1-2,6H2. The second-order valence-electron chi connectivity index (χ2n) is 4.89. The average molecular weight is 308 g/mol. The van der Waals surface area contributed by atoms with Crippen LogP contribution in [0.15, 0.2) is 27.0 Å². The molecule has 0 bridgehead atoms. The molecule has 20 heavy (non-hydrogen) atoms. The molecule has 0 N–H and O–H groups in total. The lowest BCUT2D eigenvalue weighted by Crippen LogP contribution is -2.20. The summed E-state index contributed by atoms with van der Waals surface area (Å²) in [5, 5.41) is 7.00. The lowest BCUT2D eigenvalue weighted by Gasteiger charge is -2.03. The number of thiophene rings is 1. The molecule has 3 aromatic rings. The van der Waals surface area contributed by atoms with Gasteiger partial charge in [0.2, 0.25) is 5.89 Å². The van der Waals surface area contributed by atoms with E-state index in [0.717, 1.165) is 23.4 Å². The summed E-state index contributed by atoms with van der Waals surface area (Å²) in [5.41, 5.74) is -0.0863. The molecule has 0 aromatic carbocycles. The van der Waals surface area contributed by atoms with Gasteiger partial charge in [-0.3, -0.25) is 4.79 Å². The number of hydrogen-bond acceptors (Lipinski definition) is 5. The maximum atomic E-state index is 12.3. The highest BCUT2D eigenvalue weighted by Gasteiger charge is 2.28. The summed E-state index contributed by atoms with van der Waals surface area (Å²) in [5.74, 6) is 1.63. The van der Waals surface area contributed by atoms with Crippen molar-refractivity contribution >= 4 is 33.0 Å². The first-order chi connectivity index (χ1) is 9.72. The quantitative estimate of drug-likeness (QED) is 0.746. The van der Waals surface area contributed by atoms with Gasteiger partial charge in [-0.25, -0.2) is 0 Å². The van der Waals surface area contributed by atoms with Crippen molar-refractivity contribution in [1.82, 2.24) is 14.7 Å². The molecule has 5 nitrogen and oxygen atoms in total. The maximum Gasteiger partial charge on any atom is 0.259 e. The minimum atomic E-state index is -0.0863. The molecule has 0 aliphatic heterocycles. The van der Waals surface area contributed by atoms with Crippen molar-refractivity contribution in [2.75, 3.05) is 0 Å². The molecule has 1 aliphatic rings. The Hall–Kier alpha value is -1.66. The third-order valence-electron chi connectivity index (χ3n) is 3.37. The molecule has 0 amide bonds. The fourth-order valence-corrected chi connectivity index (χ4v) is 3.32. The normalized spacial score (nSPS) is 15.1. The second kappa shape index (κ2) is 4.43. The molecule has 7 heteroatoms. The highest BCUT2D eigenvalue weighted by Crippen LogP contribution is 2.38. The van der Waals surface area contributed by atoms with Gasteiger partial charge in [-0.15, -0.1) is 11.3 Å². The van der Waals surface area contributed by atoms with Crippen molar-refractivity contribution in [1.29, 1.82) is 0 Å². The number of hydrogen-bond donors (Lipinski definition) is 0. The summed E-state index contributed by atoms with van der Waals surface area (Å²) in [6.07, 6.45) is 3.86. The van der Waals surface area contributed by atoms with E-state index >= 15 is 0 Å². The molecule has 3 aromatic heterocycles. The smallest absolute Gasteiger partial charge is 0.259 e. The van der Waals surface area contributed by atoms with Crippen LogP contribution in [-0.2, 0) is 6.54 Å². The van der Waals surface area contributed by atoms with E-state index in [4.69, 9.17) is 16.1 Å². The number of fused-ring (bicyclic) bond motifs is 1. The van der Waals surface area contributed by atoms with Crippen LogP contribution in [0.25, 0.3) is 10.1 Å². The number of aromatic nitrogens is 3. The van der Waals surface area contributed by atoms with E-state index in [9.17, 15) is 4.79 Å². The zero-order valence-electron chi connectivity index (χ0n) is 10.4. The van der Waals surface area contributed by atoms with Gasteiger partial charge in [-0.2, -0.15) is 4.98 Å². The number of pyridine rings is 1. The van der Waals surface area contributed by atoms with Crippen molar-refractivity contribution in [2.24, 2.45) is 0 Å². The summed E-state index contributed by atoms with van der Waals surface area (Å²) in [4.78, 5) is 16.6. The summed E-state index contributed by atoms with van der Waals surface area (Å²) in [6.45, 7) is 0.254. The van der Waals surface area contributed by atoms with Gasteiger partial charge in [0.1, 0.15) is 6.54 Å². The third kappa shape index (κ3) is 1.96. The third-order valence-corrected chi connectivity index (χ3v) is 4.72. The molecule has 0 unspecified atom stereocenters. The molecular formula is C13H10ClN3O2S. The highest BCUT2D eigenvalue weighted by atomic mass is 35.5. The van der Waals surface area contributed by atoms with E-state index in [2.05, 4.69) is 10.1 Å². The minimum Gasteiger partial charge on any atom is -0.337 e. The number of nitrogens with zero attached hydrogens (tertiary/aromatic N) is 3. The van der Waals surface area contributed by atoms with Crippen LogP contribution in [0.5, 0.6) is 0 Å². The van der Waals surface area contributed by atoms with Gasteiger partial charge in [0.05, 0.1) is 15.1 Å². The lowest BCUT2D eigenvalue weighted by molar-refractivity contribution is 0.365. The predicted octanol–water partition coefficient (Wildman–Crippen LogP) is 3.03. The fraction of sp³-hybridized carbons (Fsp3) is 0.308. The van der Waals surface area contributed by atoms with Crippen molar-refractivity contribution in [2.45, 2.75) is 25.3 Å². The molecule has 102 valence electrons. The van der Waals surface area contributed by atoms with Crippen LogP contribution in [0, 0.1) is 0 Å². The number of halogens is 1. The van der Waals surface area contributed by atoms with Gasteiger partial charge < -0.3 is 9.09 Å². The summed E-state index contributed by atoms with van der Waals surface area (Å²) in [7, 11) is 0. The topological polar surface area (TPSA) is 60.9 Å². The van der Waals surface area contributed by atoms with Crippen LogP contribution in [-0.4, -0.2) is 14.7 Å². The Kier molecular flexibility index (Phi) is 2.68. The van der Waals surface area contributed by atoms with Gasteiger partial charge in [-0.05, 0) is 24.3 Å². The Bertz CT molecular complexity index is 847. The Balaban J connectivity index is 1.73. The van der Waals surface area contributed by atoms with Crippen LogP contribution in [0.2, 0.25) is 5.02 Å². The summed E-state index contributed by atoms with van der Waals surface area (Å²) >= 11 is 7.65. The van der Waals surface area contributed by atoms with Crippen molar-refractivity contribution < 1.29 is 4.52 Å². The molecule has 0 radical (unpaired) electrons. The monoisotopic (exact) mass is 307 g/mol.